The minimum Gasteiger partial charge on any atom is -0.504 e. The number of nitrogens with one attached hydrogen (secondary N) is 1. The van der Waals surface area contributed by atoms with Crippen LogP contribution in [-0.2, 0) is 24.0 Å². The molecule has 0 aliphatic carbocycles. The van der Waals surface area contributed by atoms with E-state index >= 15 is 0 Å². The van der Waals surface area contributed by atoms with E-state index in [-0.39, 0.29) is 40.7 Å². The third-order valence-corrected chi connectivity index (χ3v) is 11.6. The van der Waals surface area contributed by atoms with Gasteiger partial charge in [-0.3, -0.25) is 19.3 Å². The first-order valence-electron chi connectivity index (χ1n) is 15.7. The van der Waals surface area contributed by atoms with Crippen LogP contribution in [0.25, 0.3) is 0 Å². The number of aromatic nitrogens is 1. The smallest absolute Gasteiger partial charge is 0.352 e. The molecular formula is C32H37ClN5O10S2+. The number of ketones is 1. The zero-order chi connectivity index (χ0) is 36.5. The number of Topliss-reactive ketones (excluding diaryl/α,β-unsaturated/α-hetero) is 1. The Bertz CT molecular complexity index is 1800. The zero-order valence-electron chi connectivity index (χ0n) is 27.5. The molecule has 2 aromatic rings. The van der Waals surface area contributed by atoms with Crippen molar-refractivity contribution in [2.45, 2.75) is 51.0 Å². The van der Waals surface area contributed by atoms with Crippen molar-refractivity contribution >= 4 is 69.9 Å². The van der Waals surface area contributed by atoms with Crippen LogP contribution in [0.1, 0.15) is 54.2 Å². The molecule has 0 unspecified atom stereocenters. The Balaban J connectivity index is 1.29. The number of likely N-dealkylation sites (tertiary alicyclic amines) is 1. The minimum atomic E-state index is -1.73. The van der Waals surface area contributed by atoms with Crippen LogP contribution in [-0.4, -0.2) is 119 Å². The van der Waals surface area contributed by atoms with E-state index in [1.807, 2.05) is 0 Å². The molecule has 4 heterocycles. The highest BCUT2D eigenvalue weighted by Crippen LogP contribution is 2.46. The van der Waals surface area contributed by atoms with Crippen molar-refractivity contribution in [1.82, 2.24) is 15.2 Å². The fourth-order valence-corrected chi connectivity index (χ4v) is 8.50. The number of β-lactam (4-membered cyclic amide) rings is 1. The van der Waals surface area contributed by atoms with Gasteiger partial charge in [0.15, 0.2) is 23.0 Å². The van der Waals surface area contributed by atoms with Crippen molar-refractivity contribution in [3.05, 3.63) is 50.1 Å². The second-order valence-electron chi connectivity index (χ2n) is 12.9. The SMILES string of the molecule is Cc1nc(/C(=N/OC(C)(C)C(=O)O)C(=O)C[C@@H]2C(=O)N3C(C(=O)O)=C(C[N+]4(CCNC(=O)c5ccc(O)c(O)c5Cl)CCCC4)CS[C@H]23)cs1. The van der Waals surface area contributed by atoms with Gasteiger partial charge in [-0.1, -0.05) is 16.8 Å². The van der Waals surface area contributed by atoms with Crippen molar-refractivity contribution in [3.63, 3.8) is 0 Å². The number of benzene rings is 1. The van der Waals surface area contributed by atoms with E-state index in [9.17, 15) is 44.4 Å². The van der Waals surface area contributed by atoms with Crippen molar-refractivity contribution in [1.29, 1.82) is 0 Å². The maximum atomic E-state index is 13.5. The van der Waals surface area contributed by atoms with Crippen LogP contribution < -0.4 is 5.32 Å². The fraction of sp³-hybridized carbons (Fsp3) is 0.469. The van der Waals surface area contributed by atoms with E-state index in [2.05, 4.69) is 15.5 Å². The van der Waals surface area contributed by atoms with Gasteiger partial charge in [0.2, 0.25) is 11.5 Å². The lowest BCUT2D eigenvalue weighted by Gasteiger charge is -2.50. The molecule has 1 aromatic heterocycles. The van der Waals surface area contributed by atoms with Crippen LogP contribution in [0.2, 0.25) is 5.02 Å². The first-order chi connectivity index (χ1) is 23.5. The summed E-state index contributed by atoms with van der Waals surface area (Å²) in [5.41, 5.74) is -1.28. The number of hydrogen-bond acceptors (Lipinski definition) is 12. The molecule has 1 aromatic carbocycles. The summed E-state index contributed by atoms with van der Waals surface area (Å²) in [6.45, 7) is 6.82. The number of amides is 2. The molecule has 15 nitrogen and oxygen atoms in total. The Morgan fingerprint density at radius 2 is 1.88 bits per heavy atom. The number of carboxylic acid groups (broad SMARTS) is 2. The molecule has 3 aliphatic rings. The van der Waals surface area contributed by atoms with E-state index < -0.39 is 57.9 Å². The van der Waals surface area contributed by atoms with Gasteiger partial charge in [0.25, 0.3) is 5.91 Å². The monoisotopic (exact) mass is 750 g/mol. The highest BCUT2D eigenvalue weighted by Gasteiger charge is 2.55. The van der Waals surface area contributed by atoms with Crippen molar-refractivity contribution in [2.75, 3.05) is 38.5 Å². The maximum absolute atomic E-state index is 13.5. The molecule has 268 valence electrons. The number of carbonyl (C=O) groups excluding carboxylic acids is 3. The Hall–Kier alpha value is -4.19. The quantitative estimate of drug-likeness (QED) is 0.0620. The molecule has 3 aliphatic heterocycles. The molecule has 0 radical (unpaired) electrons. The molecule has 2 atom stereocenters. The van der Waals surface area contributed by atoms with Gasteiger partial charge in [0.1, 0.15) is 17.9 Å². The summed E-state index contributed by atoms with van der Waals surface area (Å²) in [5.74, 6) is -5.74. The summed E-state index contributed by atoms with van der Waals surface area (Å²) in [7, 11) is 0. The molecule has 0 spiro atoms. The number of aromatic hydroxyl groups is 2. The lowest BCUT2D eigenvalue weighted by molar-refractivity contribution is -0.911. The largest absolute Gasteiger partial charge is 0.504 e. The number of nitrogens with zero attached hydrogens (tertiary/aromatic N) is 4. The number of aliphatic carboxylic acids is 2. The first-order valence-corrected chi connectivity index (χ1v) is 18.0. The van der Waals surface area contributed by atoms with Crippen molar-refractivity contribution in [3.8, 4) is 11.5 Å². The third-order valence-electron chi connectivity index (χ3n) is 9.02. The molecule has 5 N–H and O–H groups in total. The lowest BCUT2D eigenvalue weighted by Crippen LogP contribution is -2.63. The lowest BCUT2D eigenvalue weighted by atomic mass is 9.89. The maximum Gasteiger partial charge on any atom is 0.352 e. The van der Waals surface area contributed by atoms with Gasteiger partial charge < -0.3 is 35.1 Å². The van der Waals surface area contributed by atoms with Crippen molar-refractivity contribution in [2.24, 2.45) is 11.1 Å². The first kappa shape index (κ1) is 37.1. The van der Waals surface area contributed by atoms with E-state index in [0.29, 0.717) is 33.9 Å². The number of phenols is 2. The van der Waals surface area contributed by atoms with Crippen LogP contribution in [0, 0.1) is 12.8 Å². The Kier molecular flexibility index (Phi) is 10.8. The van der Waals surface area contributed by atoms with Gasteiger partial charge in [-0.15, -0.1) is 23.1 Å². The topological polar surface area (TPSA) is 216 Å². The number of fused-ring (bicyclic) bond motifs is 1. The number of oxime groups is 1. The van der Waals surface area contributed by atoms with E-state index in [1.165, 1.54) is 54.0 Å². The molecular weight excluding hydrogens is 714 g/mol. The summed E-state index contributed by atoms with van der Waals surface area (Å²) < 4.78 is 0.496. The van der Waals surface area contributed by atoms with Crippen LogP contribution >= 0.6 is 34.7 Å². The predicted octanol–water partition coefficient (Wildman–Crippen LogP) is 2.97. The van der Waals surface area contributed by atoms with Gasteiger partial charge in [0, 0.05) is 36.0 Å². The van der Waals surface area contributed by atoms with Gasteiger partial charge >= 0.3 is 11.9 Å². The molecule has 0 bridgehead atoms. The Labute approximate surface area is 300 Å². The van der Waals surface area contributed by atoms with E-state index in [1.54, 1.807) is 12.3 Å². The fourth-order valence-electron chi connectivity index (χ4n) is 6.25. The summed E-state index contributed by atoms with van der Waals surface area (Å²) in [6, 6.07) is 2.47. The summed E-state index contributed by atoms with van der Waals surface area (Å²) in [5, 5.41) is 47.3. The summed E-state index contributed by atoms with van der Waals surface area (Å²) in [4.78, 5) is 74.8. The molecule has 18 heteroatoms. The van der Waals surface area contributed by atoms with Gasteiger partial charge in [-0.2, -0.15) is 0 Å². The number of carbonyl (C=O) groups is 5. The number of thiazole rings is 1. The molecule has 0 saturated carbocycles. The van der Waals surface area contributed by atoms with Crippen LogP contribution in [0.15, 0.2) is 33.9 Å². The number of hydrogen-bond donors (Lipinski definition) is 5. The molecule has 2 fully saturated rings. The van der Waals surface area contributed by atoms with Crippen molar-refractivity contribution < 1.29 is 53.7 Å². The second-order valence-corrected chi connectivity index (χ2v) is 15.5. The van der Waals surface area contributed by atoms with Crippen LogP contribution in [0.3, 0.4) is 0 Å². The molecule has 5 rings (SSSR count). The third kappa shape index (κ3) is 7.45. The summed E-state index contributed by atoms with van der Waals surface area (Å²) >= 11 is 8.67. The average molecular weight is 751 g/mol. The Morgan fingerprint density at radius 1 is 1.18 bits per heavy atom. The van der Waals surface area contributed by atoms with Gasteiger partial charge in [-0.25, -0.2) is 14.6 Å². The number of phenolic OH excluding ortho intramolecular Hbond substituents is 2. The summed E-state index contributed by atoms with van der Waals surface area (Å²) in [6.07, 6.45) is 1.50. The standard InChI is InChI=1S/C32H36ClN5O10S2/c1-16-35-20(15-49-16)24(36-48-32(2,3)31(46)47)22(40)12-19-28(43)37-25(30(44)45)17(14-50-29(19)37)13-38(9-4-5-10-38)11-8-34-27(42)18-6-7-21(39)26(41)23(18)33/h6-7,15,19,29H,4-5,8-14H2,1-3H3,(H4-,34,36,39,40,41,42,44,45,46,47)/p+1/t19-,29-/m1/s1. The van der Waals surface area contributed by atoms with E-state index in [0.717, 1.165) is 25.9 Å². The van der Waals surface area contributed by atoms with Gasteiger partial charge in [-0.05, 0) is 32.9 Å². The number of rotatable bonds is 14. The molecule has 2 saturated heterocycles. The number of halogens is 1. The highest BCUT2D eigenvalue weighted by atomic mass is 35.5. The normalized spacial score (nSPS) is 20.3. The van der Waals surface area contributed by atoms with Crippen LogP contribution in [0.4, 0.5) is 0 Å². The number of aryl methyl sites for hydroxylation is 1. The highest BCUT2D eigenvalue weighted by molar-refractivity contribution is 8.00. The Morgan fingerprint density at radius 3 is 2.50 bits per heavy atom. The molecule has 2 amide bonds. The zero-order valence-corrected chi connectivity index (χ0v) is 29.9. The average Bonchev–Trinajstić information content (AvgIpc) is 3.71. The number of quaternary nitrogens is 1. The number of carboxylic acids is 2. The van der Waals surface area contributed by atoms with E-state index in [4.69, 9.17) is 16.4 Å². The predicted molar refractivity (Wildman–Crippen MR) is 183 cm³/mol. The second kappa shape index (κ2) is 14.6. The molecule has 50 heavy (non-hydrogen) atoms. The number of thioether (sulfide) groups is 1. The van der Waals surface area contributed by atoms with Gasteiger partial charge in [0.05, 0.1) is 53.1 Å². The minimum absolute atomic E-state index is 0.00146. The van der Waals surface area contributed by atoms with Crippen LogP contribution in [0.5, 0.6) is 11.5 Å².